The van der Waals surface area contributed by atoms with E-state index in [0.717, 1.165) is 18.5 Å². The first-order valence-electron chi connectivity index (χ1n) is 7.30. The van der Waals surface area contributed by atoms with Crippen LogP contribution in [0.5, 0.6) is 0 Å². The van der Waals surface area contributed by atoms with Crippen molar-refractivity contribution in [2.45, 2.75) is 27.2 Å². The fourth-order valence-corrected chi connectivity index (χ4v) is 2.09. The molecule has 4 heteroatoms. The van der Waals surface area contributed by atoms with E-state index in [-0.39, 0.29) is 11.3 Å². The van der Waals surface area contributed by atoms with Crippen molar-refractivity contribution in [2.24, 2.45) is 11.1 Å². The molecule has 1 aromatic carbocycles. The molecule has 0 aliphatic rings. The summed E-state index contributed by atoms with van der Waals surface area (Å²) in [7, 11) is 0. The van der Waals surface area contributed by atoms with Crippen LogP contribution < -0.4 is 5.73 Å². The van der Waals surface area contributed by atoms with Crippen molar-refractivity contribution in [1.29, 1.82) is 0 Å². The van der Waals surface area contributed by atoms with E-state index in [1.165, 1.54) is 0 Å². The Bertz CT molecular complexity index is 480. The summed E-state index contributed by atoms with van der Waals surface area (Å²) in [4.78, 5) is 14.2. The van der Waals surface area contributed by atoms with E-state index in [2.05, 4.69) is 20.8 Å². The predicted octanol–water partition coefficient (Wildman–Crippen LogP) is 3.58. The minimum absolute atomic E-state index is 0.0216. The lowest BCUT2D eigenvalue weighted by Gasteiger charge is -2.31. The van der Waals surface area contributed by atoms with Crippen LogP contribution in [0.15, 0.2) is 30.3 Å². The van der Waals surface area contributed by atoms with Crippen LogP contribution in [0.3, 0.4) is 0 Å². The van der Waals surface area contributed by atoms with Crippen molar-refractivity contribution in [3.63, 3.8) is 0 Å². The molecular weight excluding hydrogens is 284 g/mol. The van der Waals surface area contributed by atoms with Crippen LogP contribution in [-0.2, 0) is 4.79 Å². The zero-order valence-corrected chi connectivity index (χ0v) is 13.9. The monoisotopic (exact) mass is 308 g/mol. The highest BCUT2D eigenvalue weighted by Crippen LogP contribution is 2.16. The van der Waals surface area contributed by atoms with Gasteiger partial charge in [-0.05, 0) is 42.2 Å². The summed E-state index contributed by atoms with van der Waals surface area (Å²) in [6, 6.07) is 7.40. The summed E-state index contributed by atoms with van der Waals surface area (Å²) < 4.78 is 0. The van der Waals surface area contributed by atoms with Crippen molar-refractivity contribution < 1.29 is 4.79 Å². The van der Waals surface area contributed by atoms with Gasteiger partial charge in [0, 0.05) is 24.2 Å². The standard InChI is InChI=1S/C17H25ClN2O/c1-4-11-20(13-17(2,3)12-19)16(21)10-7-14-5-8-15(18)9-6-14/h5-10H,4,11-13,19H2,1-3H3. The highest BCUT2D eigenvalue weighted by Gasteiger charge is 2.21. The predicted molar refractivity (Wildman–Crippen MR) is 90.2 cm³/mol. The van der Waals surface area contributed by atoms with Gasteiger partial charge < -0.3 is 10.6 Å². The molecule has 0 bridgehead atoms. The number of rotatable bonds is 7. The van der Waals surface area contributed by atoms with Crippen molar-refractivity contribution in [3.8, 4) is 0 Å². The largest absolute Gasteiger partial charge is 0.339 e. The highest BCUT2D eigenvalue weighted by molar-refractivity contribution is 6.30. The highest BCUT2D eigenvalue weighted by atomic mass is 35.5. The third-order valence-corrected chi connectivity index (χ3v) is 3.52. The minimum Gasteiger partial charge on any atom is -0.339 e. The fraction of sp³-hybridized carbons (Fsp3) is 0.471. The number of carbonyl (C=O) groups excluding carboxylic acids is 1. The van der Waals surface area contributed by atoms with Crippen LogP contribution >= 0.6 is 11.6 Å². The number of nitrogens with two attached hydrogens (primary N) is 1. The molecule has 2 N–H and O–H groups in total. The Morgan fingerprint density at radius 3 is 2.48 bits per heavy atom. The Morgan fingerprint density at radius 2 is 1.95 bits per heavy atom. The molecule has 0 saturated heterocycles. The Labute approximate surface area is 132 Å². The van der Waals surface area contributed by atoms with Crippen LogP contribution in [0, 0.1) is 5.41 Å². The number of amides is 1. The molecule has 0 heterocycles. The quantitative estimate of drug-likeness (QED) is 0.783. The van der Waals surface area contributed by atoms with Gasteiger partial charge in [-0.1, -0.05) is 44.5 Å². The molecule has 116 valence electrons. The number of hydrogen-bond acceptors (Lipinski definition) is 2. The Morgan fingerprint density at radius 1 is 1.33 bits per heavy atom. The van der Waals surface area contributed by atoms with E-state index >= 15 is 0 Å². The van der Waals surface area contributed by atoms with Crippen molar-refractivity contribution in [2.75, 3.05) is 19.6 Å². The van der Waals surface area contributed by atoms with Gasteiger partial charge in [-0.3, -0.25) is 4.79 Å². The third-order valence-electron chi connectivity index (χ3n) is 3.27. The number of hydrogen-bond donors (Lipinski definition) is 1. The average molecular weight is 309 g/mol. The van der Waals surface area contributed by atoms with E-state index < -0.39 is 0 Å². The van der Waals surface area contributed by atoms with Crippen LogP contribution in [0.1, 0.15) is 32.8 Å². The molecule has 0 saturated carbocycles. The van der Waals surface area contributed by atoms with E-state index in [9.17, 15) is 4.79 Å². The lowest BCUT2D eigenvalue weighted by molar-refractivity contribution is -0.127. The van der Waals surface area contributed by atoms with Crippen molar-refractivity contribution >= 4 is 23.6 Å². The van der Waals surface area contributed by atoms with Gasteiger partial charge in [0.2, 0.25) is 5.91 Å². The second-order valence-electron chi connectivity index (χ2n) is 6.01. The zero-order valence-electron chi connectivity index (χ0n) is 13.1. The molecule has 1 rings (SSSR count). The third kappa shape index (κ3) is 6.32. The number of benzene rings is 1. The van der Waals surface area contributed by atoms with E-state index in [0.29, 0.717) is 18.1 Å². The number of carbonyl (C=O) groups is 1. The first-order chi connectivity index (χ1) is 9.88. The van der Waals surface area contributed by atoms with Crippen LogP contribution in [0.4, 0.5) is 0 Å². The van der Waals surface area contributed by atoms with Crippen molar-refractivity contribution in [1.82, 2.24) is 4.90 Å². The molecule has 3 nitrogen and oxygen atoms in total. The maximum atomic E-state index is 12.3. The van der Waals surface area contributed by atoms with Crippen LogP contribution in [0.2, 0.25) is 5.02 Å². The van der Waals surface area contributed by atoms with Gasteiger partial charge in [-0.25, -0.2) is 0 Å². The summed E-state index contributed by atoms with van der Waals surface area (Å²) in [5, 5.41) is 0.691. The Kier molecular flexibility index (Phi) is 6.93. The SMILES string of the molecule is CCCN(CC(C)(C)CN)C(=O)C=Cc1ccc(Cl)cc1. The smallest absolute Gasteiger partial charge is 0.246 e. The average Bonchev–Trinajstić information content (AvgIpc) is 2.46. The Balaban J connectivity index is 2.74. The fourth-order valence-electron chi connectivity index (χ4n) is 1.97. The molecule has 0 aromatic heterocycles. The zero-order chi connectivity index (χ0) is 15.9. The molecule has 0 spiro atoms. The topological polar surface area (TPSA) is 46.3 Å². The molecule has 0 aliphatic carbocycles. The van der Waals surface area contributed by atoms with Gasteiger partial charge in [-0.2, -0.15) is 0 Å². The second kappa shape index (κ2) is 8.20. The van der Waals surface area contributed by atoms with E-state index in [1.54, 1.807) is 6.08 Å². The molecule has 0 atom stereocenters. The van der Waals surface area contributed by atoms with Gasteiger partial charge >= 0.3 is 0 Å². The lowest BCUT2D eigenvalue weighted by Crippen LogP contribution is -2.41. The van der Waals surface area contributed by atoms with Crippen LogP contribution in [-0.4, -0.2) is 30.4 Å². The number of halogens is 1. The molecule has 0 radical (unpaired) electrons. The lowest BCUT2D eigenvalue weighted by atomic mass is 9.93. The molecule has 0 unspecified atom stereocenters. The van der Waals surface area contributed by atoms with Gasteiger partial charge in [0.15, 0.2) is 0 Å². The maximum Gasteiger partial charge on any atom is 0.246 e. The Hall–Kier alpha value is -1.32. The molecule has 21 heavy (non-hydrogen) atoms. The summed E-state index contributed by atoms with van der Waals surface area (Å²) in [5.41, 5.74) is 6.65. The molecule has 1 aromatic rings. The second-order valence-corrected chi connectivity index (χ2v) is 6.45. The molecule has 0 aliphatic heterocycles. The van der Waals surface area contributed by atoms with Crippen molar-refractivity contribution in [3.05, 3.63) is 40.9 Å². The summed E-state index contributed by atoms with van der Waals surface area (Å²) in [6.45, 7) is 8.19. The summed E-state index contributed by atoms with van der Waals surface area (Å²) in [5.74, 6) is 0.0216. The van der Waals surface area contributed by atoms with Gasteiger partial charge in [0.25, 0.3) is 0 Å². The first-order valence-corrected chi connectivity index (χ1v) is 7.68. The normalized spacial score (nSPS) is 11.9. The first kappa shape index (κ1) is 17.7. The van der Waals surface area contributed by atoms with Gasteiger partial charge in [0.05, 0.1) is 0 Å². The van der Waals surface area contributed by atoms with E-state index in [4.69, 9.17) is 17.3 Å². The summed E-state index contributed by atoms with van der Waals surface area (Å²) in [6.07, 6.45) is 4.36. The van der Waals surface area contributed by atoms with Gasteiger partial charge in [-0.15, -0.1) is 0 Å². The van der Waals surface area contributed by atoms with E-state index in [1.807, 2.05) is 35.2 Å². The molecule has 1 amide bonds. The minimum atomic E-state index is -0.0705. The van der Waals surface area contributed by atoms with Gasteiger partial charge in [0.1, 0.15) is 0 Å². The number of nitrogens with zero attached hydrogens (tertiary/aromatic N) is 1. The van der Waals surface area contributed by atoms with Crippen LogP contribution in [0.25, 0.3) is 6.08 Å². The summed E-state index contributed by atoms with van der Waals surface area (Å²) >= 11 is 5.84. The molecular formula is C17H25ClN2O. The maximum absolute atomic E-state index is 12.3. The molecule has 0 fully saturated rings.